The number of carbonyl (C=O) groups is 1. The Morgan fingerprint density at radius 1 is 1.47 bits per heavy atom. The number of anilines is 2. The predicted molar refractivity (Wildman–Crippen MR) is 69.5 cm³/mol. The average molecular weight is 268 g/mol. The maximum Gasteiger partial charge on any atom is 0.329 e. The van der Waals surface area contributed by atoms with E-state index in [0.29, 0.717) is 0 Å². The van der Waals surface area contributed by atoms with Gasteiger partial charge in [-0.05, 0) is 20.8 Å². The molecular formula is C10H16N6O3. The lowest BCUT2D eigenvalue weighted by Crippen LogP contribution is -2.41. The molecule has 0 spiro atoms. The molecule has 0 aromatic carbocycles. The fourth-order valence-corrected chi connectivity index (χ4v) is 1.31. The summed E-state index contributed by atoms with van der Waals surface area (Å²) in [6, 6.07) is -0.711. The summed E-state index contributed by atoms with van der Waals surface area (Å²) in [6.45, 7) is 5.20. The van der Waals surface area contributed by atoms with Gasteiger partial charge in [0, 0.05) is 6.04 Å². The van der Waals surface area contributed by atoms with E-state index in [1.54, 1.807) is 6.92 Å². The minimum Gasteiger partial charge on any atom is -0.368 e. The van der Waals surface area contributed by atoms with Gasteiger partial charge in [-0.15, -0.1) is 0 Å². The van der Waals surface area contributed by atoms with Crippen molar-refractivity contribution in [3.8, 4) is 0 Å². The molecule has 0 aliphatic rings. The van der Waals surface area contributed by atoms with Crippen molar-refractivity contribution in [2.75, 3.05) is 11.1 Å². The molecule has 1 aromatic heterocycles. The first kappa shape index (κ1) is 14.6. The van der Waals surface area contributed by atoms with Gasteiger partial charge in [0.2, 0.25) is 17.7 Å². The van der Waals surface area contributed by atoms with Crippen LogP contribution in [0.1, 0.15) is 20.8 Å². The Morgan fingerprint density at radius 3 is 2.63 bits per heavy atom. The standard InChI is InChI=1S/C10H16N6O3/c1-5(2)13-9(17)6(3)14-8-7(16(18)19)4-12-10(11)15-8/h4-6H,1-3H3,(H,13,17)(H3,11,12,14,15). The largest absolute Gasteiger partial charge is 0.368 e. The molecule has 1 atom stereocenters. The number of nitro groups is 1. The topological polar surface area (TPSA) is 136 Å². The van der Waals surface area contributed by atoms with E-state index in [2.05, 4.69) is 20.6 Å². The number of aromatic nitrogens is 2. The first-order valence-corrected chi connectivity index (χ1v) is 5.65. The molecule has 4 N–H and O–H groups in total. The van der Waals surface area contributed by atoms with Crippen molar-refractivity contribution in [1.82, 2.24) is 15.3 Å². The molecule has 0 bridgehead atoms. The zero-order chi connectivity index (χ0) is 14.6. The van der Waals surface area contributed by atoms with Crippen molar-refractivity contribution in [2.24, 2.45) is 0 Å². The van der Waals surface area contributed by atoms with Gasteiger partial charge in [-0.3, -0.25) is 14.9 Å². The van der Waals surface area contributed by atoms with E-state index >= 15 is 0 Å². The van der Waals surface area contributed by atoms with Crippen LogP contribution >= 0.6 is 0 Å². The van der Waals surface area contributed by atoms with Gasteiger partial charge in [0.15, 0.2) is 0 Å². The van der Waals surface area contributed by atoms with Crippen molar-refractivity contribution < 1.29 is 9.72 Å². The van der Waals surface area contributed by atoms with Crippen LogP contribution in [-0.2, 0) is 4.79 Å². The van der Waals surface area contributed by atoms with E-state index in [4.69, 9.17) is 5.73 Å². The van der Waals surface area contributed by atoms with Gasteiger partial charge in [0.05, 0.1) is 4.92 Å². The Morgan fingerprint density at radius 2 is 2.11 bits per heavy atom. The molecule has 1 rings (SSSR count). The Balaban J connectivity index is 2.89. The quantitative estimate of drug-likeness (QED) is 0.515. The average Bonchev–Trinajstić information content (AvgIpc) is 2.27. The highest BCUT2D eigenvalue weighted by Gasteiger charge is 2.21. The normalized spacial score (nSPS) is 12.0. The highest BCUT2D eigenvalue weighted by Crippen LogP contribution is 2.21. The third-order valence-electron chi connectivity index (χ3n) is 2.16. The van der Waals surface area contributed by atoms with Crippen molar-refractivity contribution in [3.63, 3.8) is 0 Å². The molecule has 1 amide bonds. The first-order valence-electron chi connectivity index (χ1n) is 5.65. The number of carbonyl (C=O) groups excluding carboxylic acids is 1. The van der Waals surface area contributed by atoms with Gasteiger partial charge in [0.1, 0.15) is 12.2 Å². The van der Waals surface area contributed by atoms with E-state index in [1.165, 1.54) is 0 Å². The zero-order valence-corrected chi connectivity index (χ0v) is 10.9. The summed E-state index contributed by atoms with van der Waals surface area (Å²) in [4.78, 5) is 29.1. The van der Waals surface area contributed by atoms with E-state index in [0.717, 1.165) is 6.20 Å². The summed E-state index contributed by atoms with van der Waals surface area (Å²) in [5.41, 5.74) is 5.04. The highest BCUT2D eigenvalue weighted by molar-refractivity contribution is 5.84. The second-order valence-corrected chi connectivity index (χ2v) is 4.25. The van der Waals surface area contributed by atoms with Gasteiger partial charge < -0.3 is 16.4 Å². The van der Waals surface area contributed by atoms with Crippen LogP contribution in [-0.4, -0.2) is 32.9 Å². The van der Waals surface area contributed by atoms with Crippen LogP contribution in [0, 0.1) is 10.1 Å². The molecule has 0 fully saturated rings. The summed E-state index contributed by atoms with van der Waals surface area (Å²) < 4.78 is 0. The molecule has 104 valence electrons. The van der Waals surface area contributed by atoms with Gasteiger partial charge in [0.25, 0.3) is 0 Å². The smallest absolute Gasteiger partial charge is 0.329 e. The number of amides is 1. The third-order valence-corrected chi connectivity index (χ3v) is 2.16. The maximum atomic E-state index is 11.7. The maximum absolute atomic E-state index is 11.7. The van der Waals surface area contributed by atoms with E-state index in [9.17, 15) is 14.9 Å². The Labute approximate surface area is 109 Å². The lowest BCUT2D eigenvalue weighted by Gasteiger charge is -2.16. The molecule has 9 nitrogen and oxygen atoms in total. The molecule has 1 aromatic rings. The summed E-state index contributed by atoms with van der Waals surface area (Å²) >= 11 is 0. The van der Waals surface area contributed by atoms with E-state index < -0.39 is 11.0 Å². The third kappa shape index (κ3) is 4.05. The van der Waals surface area contributed by atoms with Crippen molar-refractivity contribution in [3.05, 3.63) is 16.3 Å². The summed E-state index contributed by atoms with van der Waals surface area (Å²) in [7, 11) is 0. The fourth-order valence-electron chi connectivity index (χ4n) is 1.31. The van der Waals surface area contributed by atoms with Gasteiger partial charge in [-0.25, -0.2) is 4.98 Å². The monoisotopic (exact) mass is 268 g/mol. The lowest BCUT2D eigenvalue weighted by atomic mass is 10.2. The Hall–Kier alpha value is -2.45. The molecule has 0 saturated heterocycles. The van der Waals surface area contributed by atoms with Gasteiger partial charge in [-0.2, -0.15) is 4.98 Å². The molecule has 19 heavy (non-hydrogen) atoms. The second-order valence-electron chi connectivity index (χ2n) is 4.25. The predicted octanol–water partition coefficient (Wildman–Crippen LogP) is 0.292. The molecule has 1 heterocycles. The van der Waals surface area contributed by atoms with Crippen molar-refractivity contribution >= 4 is 23.4 Å². The lowest BCUT2D eigenvalue weighted by molar-refractivity contribution is -0.384. The summed E-state index contributed by atoms with van der Waals surface area (Å²) in [5, 5.41) is 16.1. The van der Waals surface area contributed by atoms with Gasteiger partial charge in [-0.1, -0.05) is 0 Å². The molecule has 9 heteroatoms. The number of rotatable bonds is 5. The number of nitrogens with one attached hydrogen (secondary N) is 2. The number of nitrogens with two attached hydrogens (primary N) is 1. The fraction of sp³-hybridized carbons (Fsp3) is 0.500. The van der Waals surface area contributed by atoms with Crippen LogP contribution in [0.5, 0.6) is 0 Å². The molecule has 0 aliphatic heterocycles. The minimum atomic E-state index is -0.685. The number of hydrogen-bond acceptors (Lipinski definition) is 7. The summed E-state index contributed by atoms with van der Waals surface area (Å²) in [5.74, 6) is -0.477. The van der Waals surface area contributed by atoms with Crippen LogP contribution in [0.2, 0.25) is 0 Å². The number of nitrogen functional groups attached to an aromatic ring is 1. The molecular weight excluding hydrogens is 252 g/mol. The SMILES string of the molecule is CC(C)NC(=O)C(C)Nc1nc(N)ncc1[N+](=O)[O-]. The van der Waals surface area contributed by atoms with Crippen LogP contribution < -0.4 is 16.4 Å². The first-order chi connectivity index (χ1) is 8.81. The van der Waals surface area contributed by atoms with Crippen molar-refractivity contribution in [1.29, 1.82) is 0 Å². The van der Waals surface area contributed by atoms with Crippen LogP contribution in [0.25, 0.3) is 0 Å². The molecule has 1 unspecified atom stereocenters. The van der Waals surface area contributed by atoms with Gasteiger partial charge >= 0.3 is 5.69 Å². The molecule has 0 aliphatic carbocycles. The van der Waals surface area contributed by atoms with E-state index in [1.807, 2.05) is 13.8 Å². The minimum absolute atomic E-state index is 0.0257. The second kappa shape index (κ2) is 5.94. The number of nitrogens with zero attached hydrogens (tertiary/aromatic N) is 3. The highest BCUT2D eigenvalue weighted by atomic mass is 16.6. The molecule has 0 radical (unpaired) electrons. The Bertz CT molecular complexity index is 490. The summed E-state index contributed by atoms with van der Waals surface area (Å²) in [6.07, 6.45) is 0.998. The van der Waals surface area contributed by atoms with Crippen LogP contribution in [0.3, 0.4) is 0 Å². The molecule has 0 saturated carbocycles. The zero-order valence-electron chi connectivity index (χ0n) is 10.9. The Kier molecular flexibility index (Phi) is 4.56. The van der Waals surface area contributed by atoms with E-state index in [-0.39, 0.29) is 29.4 Å². The van der Waals surface area contributed by atoms with Crippen molar-refractivity contribution in [2.45, 2.75) is 32.9 Å². The number of hydrogen-bond donors (Lipinski definition) is 3. The van der Waals surface area contributed by atoms with Crippen LogP contribution in [0.15, 0.2) is 6.20 Å². The van der Waals surface area contributed by atoms with Crippen LogP contribution in [0.4, 0.5) is 17.5 Å².